The second-order valence-corrected chi connectivity index (χ2v) is 8.32. The molecule has 1 N–H and O–H groups in total. The Morgan fingerprint density at radius 1 is 1.11 bits per heavy atom. The topological polar surface area (TPSA) is 89.2 Å². The molecule has 0 saturated heterocycles. The summed E-state index contributed by atoms with van der Waals surface area (Å²) in [6.45, 7) is 4.52. The first-order valence-electron chi connectivity index (χ1n) is 11.6. The maximum Gasteiger partial charge on any atom is 0.322 e. The fraction of sp³-hybridized carbons (Fsp3) is 0.385. The fourth-order valence-corrected chi connectivity index (χ4v) is 3.66. The van der Waals surface area contributed by atoms with E-state index in [0.29, 0.717) is 42.5 Å². The molecule has 1 atom stereocenters. The van der Waals surface area contributed by atoms with Gasteiger partial charge in [-0.3, -0.25) is 4.79 Å². The van der Waals surface area contributed by atoms with E-state index >= 15 is 0 Å². The Bertz CT molecular complexity index is 1110. The number of methoxy groups -OCH3 is 2. The van der Waals surface area contributed by atoms with Gasteiger partial charge in [-0.2, -0.15) is 0 Å². The summed E-state index contributed by atoms with van der Waals surface area (Å²) in [5.41, 5.74) is 1.47. The average molecular weight is 483 g/mol. The van der Waals surface area contributed by atoms with Crippen molar-refractivity contribution in [2.75, 3.05) is 26.1 Å². The second-order valence-electron chi connectivity index (χ2n) is 8.32. The van der Waals surface area contributed by atoms with E-state index in [0.717, 1.165) is 5.69 Å². The van der Waals surface area contributed by atoms with Gasteiger partial charge in [0, 0.05) is 31.0 Å². The van der Waals surface area contributed by atoms with Crippen LogP contribution in [0.5, 0.6) is 11.5 Å². The Balaban J connectivity index is 1.80. The number of carbonyl (C=O) groups is 2. The lowest BCUT2D eigenvalue weighted by molar-refractivity contribution is -0.133. The SMILES string of the molecule is CCC(C)N(CC(=O)N(Cc1ccco1)Cc1cccn1C)C(=O)Nc1ccc(OC)cc1OC. The zero-order chi connectivity index (χ0) is 25.4. The molecule has 2 aromatic heterocycles. The molecular weight excluding hydrogens is 448 g/mol. The number of nitrogens with zero attached hydrogens (tertiary/aromatic N) is 3. The molecule has 3 rings (SSSR count). The molecule has 35 heavy (non-hydrogen) atoms. The van der Waals surface area contributed by atoms with Gasteiger partial charge in [0.25, 0.3) is 0 Å². The van der Waals surface area contributed by atoms with Crippen LogP contribution >= 0.6 is 0 Å². The van der Waals surface area contributed by atoms with Crippen LogP contribution in [0, 0.1) is 0 Å². The first-order chi connectivity index (χ1) is 16.9. The Morgan fingerprint density at radius 2 is 1.91 bits per heavy atom. The third-order valence-corrected chi connectivity index (χ3v) is 6.02. The first kappa shape index (κ1) is 25.7. The van der Waals surface area contributed by atoms with Gasteiger partial charge < -0.3 is 33.6 Å². The van der Waals surface area contributed by atoms with Crippen molar-refractivity contribution in [3.63, 3.8) is 0 Å². The largest absolute Gasteiger partial charge is 0.497 e. The highest BCUT2D eigenvalue weighted by Gasteiger charge is 2.26. The number of aryl methyl sites for hydroxylation is 1. The Morgan fingerprint density at radius 3 is 2.51 bits per heavy atom. The number of nitrogens with one attached hydrogen (secondary N) is 1. The van der Waals surface area contributed by atoms with Gasteiger partial charge in [0.15, 0.2) is 0 Å². The van der Waals surface area contributed by atoms with Crippen LogP contribution < -0.4 is 14.8 Å². The molecule has 0 saturated carbocycles. The van der Waals surface area contributed by atoms with Gasteiger partial charge in [0.1, 0.15) is 23.8 Å². The summed E-state index contributed by atoms with van der Waals surface area (Å²) in [5.74, 6) is 1.58. The van der Waals surface area contributed by atoms with Gasteiger partial charge in [-0.05, 0) is 49.7 Å². The van der Waals surface area contributed by atoms with Crippen LogP contribution in [0.4, 0.5) is 10.5 Å². The summed E-state index contributed by atoms with van der Waals surface area (Å²) in [6.07, 6.45) is 4.21. The second kappa shape index (κ2) is 12.0. The van der Waals surface area contributed by atoms with E-state index in [9.17, 15) is 9.59 Å². The monoisotopic (exact) mass is 482 g/mol. The average Bonchev–Trinajstić information content (AvgIpc) is 3.53. The van der Waals surface area contributed by atoms with E-state index in [4.69, 9.17) is 13.9 Å². The number of ether oxygens (including phenoxy) is 2. The van der Waals surface area contributed by atoms with E-state index in [-0.39, 0.29) is 24.5 Å². The number of rotatable bonds is 11. The van der Waals surface area contributed by atoms with Crippen LogP contribution in [0.1, 0.15) is 31.7 Å². The third-order valence-electron chi connectivity index (χ3n) is 6.02. The van der Waals surface area contributed by atoms with E-state index in [1.54, 1.807) is 47.4 Å². The zero-order valence-corrected chi connectivity index (χ0v) is 21.0. The Hall–Kier alpha value is -3.88. The van der Waals surface area contributed by atoms with Gasteiger partial charge in [0.2, 0.25) is 5.91 Å². The van der Waals surface area contributed by atoms with Crippen molar-refractivity contribution in [3.8, 4) is 11.5 Å². The maximum atomic E-state index is 13.5. The van der Waals surface area contributed by atoms with Crippen molar-refractivity contribution in [2.45, 2.75) is 39.4 Å². The molecule has 2 heterocycles. The molecule has 9 heteroatoms. The maximum absolute atomic E-state index is 13.5. The quantitative estimate of drug-likeness (QED) is 0.435. The van der Waals surface area contributed by atoms with Gasteiger partial charge in [-0.1, -0.05) is 6.92 Å². The van der Waals surface area contributed by atoms with Crippen molar-refractivity contribution in [1.29, 1.82) is 0 Å². The van der Waals surface area contributed by atoms with Crippen molar-refractivity contribution < 1.29 is 23.5 Å². The van der Waals surface area contributed by atoms with Gasteiger partial charge >= 0.3 is 6.03 Å². The molecule has 3 aromatic rings. The highest BCUT2D eigenvalue weighted by Crippen LogP contribution is 2.29. The fourth-order valence-electron chi connectivity index (χ4n) is 3.66. The summed E-state index contributed by atoms with van der Waals surface area (Å²) in [4.78, 5) is 30.1. The van der Waals surface area contributed by atoms with Crippen LogP contribution in [0.25, 0.3) is 0 Å². The van der Waals surface area contributed by atoms with Crippen molar-refractivity contribution in [2.24, 2.45) is 7.05 Å². The van der Waals surface area contributed by atoms with Crippen molar-refractivity contribution in [3.05, 3.63) is 66.4 Å². The summed E-state index contributed by atoms with van der Waals surface area (Å²) in [6, 6.07) is 12.1. The minimum Gasteiger partial charge on any atom is -0.497 e. The normalized spacial score (nSPS) is 11.6. The van der Waals surface area contributed by atoms with Gasteiger partial charge in [-0.25, -0.2) is 4.79 Å². The lowest BCUT2D eigenvalue weighted by Gasteiger charge is -2.31. The number of furan rings is 1. The molecule has 1 unspecified atom stereocenters. The number of carbonyl (C=O) groups excluding carboxylic acids is 2. The number of anilines is 1. The summed E-state index contributed by atoms with van der Waals surface area (Å²) in [5, 5.41) is 2.89. The van der Waals surface area contributed by atoms with Crippen LogP contribution in [-0.4, -0.2) is 53.1 Å². The van der Waals surface area contributed by atoms with E-state index in [1.807, 2.05) is 49.9 Å². The summed E-state index contributed by atoms with van der Waals surface area (Å²) < 4.78 is 18.1. The van der Waals surface area contributed by atoms with Crippen LogP contribution in [0.2, 0.25) is 0 Å². The lowest BCUT2D eigenvalue weighted by Crippen LogP contribution is -2.48. The van der Waals surface area contributed by atoms with E-state index in [1.165, 1.54) is 7.11 Å². The zero-order valence-electron chi connectivity index (χ0n) is 21.0. The number of urea groups is 1. The van der Waals surface area contributed by atoms with Crippen LogP contribution in [0.3, 0.4) is 0 Å². The molecule has 0 aliphatic carbocycles. The highest BCUT2D eigenvalue weighted by molar-refractivity contribution is 5.94. The van der Waals surface area contributed by atoms with Gasteiger partial charge in [-0.15, -0.1) is 0 Å². The summed E-state index contributed by atoms with van der Waals surface area (Å²) >= 11 is 0. The molecule has 0 aliphatic rings. The standard InChI is InChI=1S/C26H34N4O5/c1-6-19(2)30(26(32)27-23-12-11-21(33-4)15-24(23)34-5)18-25(31)29(17-22-10-8-14-35-22)16-20-9-7-13-28(20)3/h7-15,19H,6,16-18H2,1-5H3,(H,27,32). The Kier molecular flexibility index (Phi) is 8.83. The third kappa shape index (κ3) is 6.59. The number of hydrogen-bond acceptors (Lipinski definition) is 5. The molecule has 9 nitrogen and oxygen atoms in total. The molecule has 0 spiro atoms. The smallest absolute Gasteiger partial charge is 0.322 e. The minimum absolute atomic E-state index is 0.0789. The molecule has 0 fully saturated rings. The molecule has 0 aliphatic heterocycles. The molecule has 0 bridgehead atoms. The predicted octanol–water partition coefficient (Wildman–Crippen LogP) is 4.50. The van der Waals surface area contributed by atoms with Crippen LogP contribution in [0.15, 0.2) is 59.3 Å². The van der Waals surface area contributed by atoms with E-state index < -0.39 is 0 Å². The number of hydrogen-bond donors (Lipinski definition) is 1. The lowest BCUT2D eigenvalue weighted by atomic mass is 10.2. The van der Waals surface area contributed by atoms with Crippen molar-refractivity contribution in [1.82, 2.24) is 14.4 Å². The number of aromatic nitrogens is 1. The molecule has 1 aromatic carbocycles. The predicted molar refractivity (Wildman–Crippen MR) is 133 cm³/mol. The molecule has 0 radical (unpaired) electrons. The Labute approximate surface area is 206 Å². The van der Waals surface area contributed by atoms with Crippen LogP contribution in [-0.2, 0) is 24.9 Å². The first-order valence-corrected chi connectivity index (χ1v) is 11.6. The molecule has 188 valence electrons. The number of benzene rings is 1. The highest BCUT2D eigenvalue weighted by atomic mass is 16.5. The molecular formula is C26H34N4O5. The summed E-state index contributed by atoms with van der Waals surface area (Å²) in [7, 11) is 5.02. The minimum atomic E-state index is -0.381. The molecule has 3 amide bonds. The number of amides is 3. The van der Waals surface area contributed by atoms with Crippen molar-refractivity contribution >= 4 is 17.6 Å². The van der Waals surface area contributed by atoms with Gasteiger partial charge in [0.05, 0.1) is 39.3 Å². The van der Waals surface area contributed by atoms with E-state index in [2.05, 4.69) is 5.32 Å².